The van der Waals surface area contributed by atoms with Crippen LogP contribution < -0.4 is 14.8 Å². The summed E-state index contributed by atoms with van der Waals surface area (Å²) in [7, 11) is 0. The molecule has 0 saturated carbocycles. The fraction of sp³-hybridized carbons (Fsp3) is 0.357. The van der Waals surface area contributed by atoms with Gasteiger partial charge in [-0.1, -0.05) is 25.1 Å². The zero-order chi connectivity index (χ0) is 13.7. The molecule has 0 amide bonds. The lowest BCUT2D eigenvalue weighted by atomic mass is 10.1. The van der Waals surface area contributed by atoms with Crippen LogP contribution in [0.2, 0.25) is 0 Å². The minimum absolute atomic E-state index is 0.255. The van der Waals surface area contributed by atoms with E-state index in [4.69, 9.17) is 14.6 Å². The Morgan fingerprint density at radius 1 is 1.47 bits per heavy atom. The van der Waals surface area contributed by atoms with Crippen molar-refractivity contribution in [3.63, 3.8) is 0 Å². The summed E-state index contributed by atoms with van der Waals surface area (Å²) in [6, 6.07) is 5.74. The molecule has 1 aliphatic heterocycles. The smallest absolute Gasteiger partial charge is 0.331 e. The van der Waals surface area contributed by atoms with Gasteiger partial charge in [0.1, 0.15) is 0 Å². The molecule has 1 aliphatic rings. The van der Waals surface area contributed by atoms with E-state index in [2.05, 4.69) is 5.32 Å². The second-order valence-corrected chi connectivity index (χ2v) is 4.17. The first-order valence-corrected chi connectivity index (χ1v) is 6.23. The van der Waals surface area contributed by atoms with Gasteiger partial charge in [0.25, 0.3) is 0 Å². The third-order valence-corrected chi connectivity index (χ3v) is 2.94. The maximum Gasteiger partial charge on any atom is 0.331 e. The molecule has 0 atom stereocenters. The molecule has 0 bridgehead atoms. The van der Waals surface area contributed by atoms with Gasteiger partial charge in [0.2, 0.25) is 6.79 Å². The van der Waals surface area contributed by atoms with E-state index in [1.54, 1.807) is 6.08 Å². The average Bonchev–Trinajstić information content (AvgIpc) is 2.87. The van der Waals surface area contributed by atoms with Crippen LogP contribution in [0.5, 0.6) is 11.5 Å². The number of ether oxygens (including phenoxy) is 2. The van der Waals surface area contributed by atoms with Crippen LogP contribution in [0, 0.1) is 0 Å². The van der Waals surface area contributed by atoms with Gasteiger partial charge >= 0.3 is 5.97 Å². The Bertz CT molecular complexity index is 496. The number of fused-ring (bicyclic) bond motifs is 1. The Morgan fingerprint density at radius 2 is 2.32 bits per heavy atom. The zero-order valence-corrected chi connectivity index (χ0v) is 10.8. The summed E-state index contributed by atoms with van der Waals surface area (Å²) in [5.74, 6) is 0.671. The van der Waals surface area contributed by atoms with E-state index in [1.807, 2.05) is 25.1 Å². The van der Waals surface area contributed by atoms with Gasteiger partial charge in [0.15, 0.2) is 11.5 Å². The fourth-order valence-electron chi connectivity index (χ4n) is 1.91. The van der Waals surface area contributed by atoms with Crippen LogP contribution in [-0.4, -0.2) is 24.4 Å². The molecule has 0 fully saturated rings. The predicted molar refractivity (Wildman–Crippen MR) is 70.3 cm³/mol. The first-order chi connectivity index (χ1) is 9.22. The fourth-order valence-corrected chi connectivity index (χ4v) is 1.91. The molecule has 2 rings (SSSR count). The van der Waals surface area contributed by atoms with Crippen LogP contribution in [0.4, 0.5) is 0 Å². The molecule has 0 radical (unpaired) electrons. The van der Waals surface area contributed by atoms with Crippen molar-refractivity contribution in [1.82, 2.24) is 5.32 Å². The molecule has 1 heterocycles. The van der Waals surface area contributed by atoms with Crippen molar-refractivity contribution in [2.45, 2.75) is 19.9 Å². The van der Waals surface area contributed by atoms with E-state index in [-0.39, 0.29) is 6.79 Å². The van der Waals surface area contributed by atoms with E-state index in [0.717, 1.165) is 17.1 Å². The highest BCUT2D eigenvalue weighted by atomic mass is 16.7. The molecular weight excluding hydrogens is 246 g/mol. The quantitative estimate of drug-likeness (QED) is 0.606. The average molecular weight is 263 g/mol. The van der Waals surface area contributed by atoms with E-state index in [0.29, 0.717) is 25.1 Å². The summed E-state index contributed by atoms with van der Waals surface area (Å²) >= 11 is 0. The molecule has 1 aromatic rings. The van der Waals surface area contributed by atoms with Crippen LogP contribution in [0.25, 0.3) is 0 Å². The topological polar surface area (TPSA) is 67.8 Å². The van der Waals surface area contributed by atoms with E-state index >= 15 is 0 Å². The molecule has 5 nitrogen and oxygen atoms in total. The number of carbonyl (C=O) groups is 1. The number of carboxylic acid groups (broad SMARTS) is 1. The summed E-state index contributed by atoms with van der Waals surface area (Å²) in [5.41, 5.74) is 1.43. The van der Waals surface area contributed by atoms with E-state index in [9.17, 15) is 4.79 Å². The molecule has 2 N–H and O–H groups in total. The number of rotatable bonds is 6. The maximum atomic E-state index is 10.8. The second kappa shape index (κ2) is 6.24. The summed E-state index contributed by atoms with van der Waals surface area (Å²) < 4.78 is 10.7. The van der Waals surface area contributed by atoms with Crippen molar-refractivity contribution in [3.8, 4) is 11.5 Å². The Morgan fingerprint density at radius 3 is 3.05 bits per heavy atom. The summed E-state index contributed by atoms with van der Waals surface area (Å²) in [4.78, 5) is 10.8. The van der Waals surface area contributed by atoms with Crippen LogP contribution in [0.1, 0.15) is 18.9 Å². The molecule has 0 aliphatic carbocycles. The summed E-state index contributed by atoms with van der Waals surface area (Å²) in [6.07, 6.45) is 2.22. The third kappa shape index (κ3) is 3.26. The van der Waals surface area contributed by atoms with Crippen LogP contribution >= 0.6 is 0 Å². The molecule has 0 aromatic heterocycles. The second-order valence-electron chi connectivity index (χ2n) is 4.17. The zero-order valence-electron chi connectivity index (χ0n) is 10.8. The van der Waals surface area contributed by atoms with Crippen LogP contribution in [0.15, 0.2) is 29.8 Å². The van der Waals surface area contributed by atoms with Gasteiger partial charge in [-0.05, 0) is 12.5 Å². The first kappa shape index (κ1) is 13.4. The molecule has 0 saturated heterocycles. The number of aliphatic carboxylic acids is 1. The molecule has 1 aromatic carbocycles. The highest BCUT2D eigenvalue weighted by Crippen LogP contribution is 2.35. The molecule has 0 unspecified atom stereocenters. The molecule has 0 spiro atoms. The number of benzene rings is 1. The Balaban J connectivity index is 1.90. The first-order valence-electron chi connectivity index (χ1n) is 6.23. The monoisotopic (exact) mass is 263 g/mol. The Hall–Kier alpha value is -2.01. The van der Waals surface area contributed by atoms with Gasteiger partial charge < -0.3 is 19.9 Å². The highest BCUT2D eigenvalue weighted by molar-refractivity contribution is 5.86. The van der Waals surface area contributed by atoms with E-state index < -0.39 is 5.97 Å². The van der Waals surface area contributed by atoms with Crippen molar-refractivity contribution in [1.29, 1.82) is 0 Å². The van der Waals surface area contributed by atoms with Gasteiger partial charge in [-0.2, -0.15) is 0 Å². The van der Waals surface area contributed by atoms with Gasteiger partial charge in [-0.25, -0.2) is 4.79 Å². The maximum absolute atomic E-state index is 10.8. The van der Waals surface area contributed by atoms with Crippen LogP contribution in [0.3, 0.4) is 0 Å². The van der Waals surface area contributed by atoms with Crippen molar-refractivity contribution < 1.29 is 19.4 Å². The van der Waals surface area contributed by atoms with Crippen molar-refractivity contribution in [2.75, 3.05) is 13.3 Å². The minimum atomic E-state index is -0.860. The molecule has 5 heteroatoms. The van der Waals surface area contributed by atoms with E-state index in [1.165, 1.54) is 0 Å². The Labute approximate surface area is 111 Å². The highest BCUT2D eigenvalue weighted by Gasteiger charge is 2.16. The lowest BCUT2D eigenvalue weighted by Crippen LogP contribution is -2.15. The van der Waals surface area contributed by atoms with Crippen molar-refractivity contribution >= 4 is 5.97 Å². The SMILES string of the molecule is CC/C(=C/CNCc1cccc2c1OCO2)C(=O)O. The normalized spacial score (nSPS) is 13.6. The molecule has 19 heavy (non-hydrogen) atoms. The summed E-state index contributed by atoms with van der Waals surface area (Å²) in [6.45, 7) is 3.21. The van der Waals surface area contributed by atoms with Crippen LogP contribution in [-0.2, 0) is 11.3 Å². The van der Waals surface area contributed by atoms with Gasteiger partial charge in [-0.15, -0.1) is 0 Å². The number of hydrogen-bond donors (Lipinski definition) is 2. The number of para-hydroxylation sites is 1. The van der Waals surface area contributed by atoms with Gasteiger partial charge in [-0.3, -0.25) is 0 Å². The van der Waals surface area contributed by atoms with Crippen molar-refractivity contribution in [3.05, 3.63) is 35.4 Å². The summed E-state index contributed by atoms with van der Waals surface area (Å²) in [5, 5.41) is 12.1. The number of carboxylic acids is 1. The molecule has 102 valence electrons. The largest absolute Gasteiger partial charge is 0.478 e. The lowest BCUT2D eigenvalue weighted by molar-refractivity contribution is -0.132. The minimum Gasteiger partial charge on any atom is -0.478 e. The molecular formula is C14H17NO4. The third-order valence-electron chi connectivity index (χ3n) is 2.94. The van der Waals surface area contributed by atoms with Gasteiger partial charge in [0.05, 0.1) is 0 Å². The van der Waals surface area contributed by atoms with Gasteiger partial charge in [0, 0.05) is 24.2 Å². The number of nitrogens with one attached hydrogen (secondary N) is 1. The predicted octanol–water partition coefficient (Wildman–Crippen LogP) is 1.93. The van der Waals surface area contributed by atoms with Crippen molar-refractivity contribution in [2.24, 2.45) is 0 Å². The Kier molecular flexibility index (Phi) is 4.41. The lowest BCUT2D eigenvalue weighted by Gasteiger charge is -2.06. The standard InChI is InChI=1S/C14H17NO4/c1-2-10(14(16)17)6-7-15-8-11-4-3-5-12-13(11)19-9-18-12/h3-6,15H,2,7-9H2,1H3,(H,16,17)/b10-6-. The number of hydrogen-bond acceptors (Lipinski definition) is 4.